The van der Waals surface area contributed by atoms with E-state index in [2.05, 4.69) is 19.9 Å². The number of H-pyrrole nitrogens is 2. The number of nitrogens with one attached hydrogen (secondary N) is 2. The molecule has 0 aliphatic heterocycles. The molecule has 2 aromatic heterocycles. The summed E-state index contributed by atoms with van der Waals surface area (Å²) in [6, 6.07) is 7.34. The van der Waals surface area contributed by atoms with Gasteiger partial charge in [0.05, 0.1) is 7.11 Å². The first-order valence-corrected chi connectivity index (χ1v) is 5.57. The average molecular weight is 257 g/mol. The number of fused-ring (bicyclic) bond motifs is 1. The molecule has 96 valence electrons. The first kappa shape index (κ1) is 11.3. The Labute approximate surface area is 107 Å². The Balaban J connectivity index is 2.20. The van der Waals surface area contributed by atoms with Crippen molar-refractivity contribution in [2.45, 2.75) is 0 Å². The van der Waals surface area contributed by atoms with Gasteiger partial charge in [0.25, 0.3) is 5.56 Å². The van der Waals surface area contributed by atoms with Gasteiger partial charge >= 0.3 is 0 Å². The Morgan fingerprint density at radius 3 is 2.89 bits per heavy atom. The van der Waals surface area contributed by atoms with Gasteiger partial charge in [-0.05, 0) is 12.1 Å². The maximum absolute atomic E-state index is 11.7. The van der Waals surface area contributed by atoms with Crippen LogP contribution in [0.4, 0.5) is 5.95 Å². The number of imidazole rings is 1. The van der Waals surface area contributed by atoms with Crippen LogP contribution in [0.1, 0.15) is 0 Å². The summed E-state index contributed by atoms with van der Waals surface area (Å²) < 4.78 is 5.15. The van der Waals surface area contributed by atoms with Crippen LogP contribution in [0.15, 0.2) is 29.1 Å². The lowest BCUT2D eigenvalue weighted by Gasteiger charge is -2.00. The SMILES string of the molecule is COc1cccc(-c2nc3nc(N)[nH]c(=O)c3[nH]2)c1. The lowest BCUT2D eigenvalue weighted by Crippen LogP contribution is -2.10. The summed E-state index contributed by atoms with van der Waals surface area (Å²) in [5.41, 5.74) is 6.52. The molecule has 2 heterocycles. The molecule has 0 unspecified atom stereocenters. The van der Waals surface area contributed by atoms with Crippen LogP contribution in [0.25, 0.3) is 22.6 Å². The van der Waals surface area contributed by atoms with Crippen LogP contribution in [0.2, 0.25) is 0 Å². The van der Waals surface area contributed by atoms with Gasteiger partial charge in [-0.3, -0.25) is 9.78 Å². The predicted molar refractivity (Wildman–Crippen MR) is 70.9 cm³/mol. The summed E-state index contributed by atoms with van der Waals surface area (Å²) in [6.45, 7) is 0. The zero-order valence-electron chi connectivity index (χ0n) is 10.1. The van der Waals surface area contributed by atoms with Crippen LogP contribution in [-0.4, -0.2) is 27.0 Å². The second-order valence-corrected chi connectivity index (χ2v) is 3.97. The highest BCUT2D eigenvalue weighted by molar-refractivity contribution is 5.76. The number of aromatic amines is 2. The van der Waals surface area contributed by atoms with Crippen molar-refractivity contribution in [3.8, 4) is 17.1 Å². The minimum Gasteiger partial charge on any atom is -0.497 e. The molecule has 3 aromatic rings. The van der Waals surface area contributed by atoms with Crippen molar-refractivity contribution in [2.24, 2.45) is 0 Å². The Hall–Kier alpha value is -2.83. The largest absolute Gasteiger partial charge is 0.497 e. The van der Waals surface area contributed by atoms with E-state index in [1.807, 2.05) is 24.3 Å². The van der Waals surface area contributed by atoms with Gasteiger partial charge in [0.2, 0.25) is 5.95 Å². The first-order chi connectivity index (χ1) is 9.17. The molecule has 0 bridgehead atoms. The summed E-state index contributed by atoms with van der Waals surface area (Å²) in [7, 11) is 1.59. The van der Waals surface area contributed by atoms with Gasteiger partial charge in [-0.1, -0.05) is 12.1 Å². The number of nitrogens with two attached hydrogens (primary N) is 1. The number of ether oxygens (including phenoxy) is 1. The third kappa shape index (κ3) is 1.90. The van der Waals surface area contributed by atoms with Crippen molar-refractivity contribution in [3.63, 3.8) is 0 Å². The highest BCUT2D eigenvalue weighted by atomic mass is 16.5. The molecule has 19 heavy (non-hydrogen) atoms. The molecule has 0 radical (unpaired) electrons. The molecule has 0 amide bonds. The lowest BCUT2D eigenvalue weighted by atomic mass is 10.2. The van der Waals surface area contributed by atoms with Crippen LogP contribution in [0.3, 0.4) is 0 Å². The molecule has 0 saturated carbocycles. The van der Waals surface area contributed by atoms with Crippen molar-refractivity contribution < 1.29 is 4.74 Å². The van der Waals surface area contributed by atoms with Crippen LogP contribution >= 0.6 is 0 Å². The molecule has 0 aliphatic carbocycles. The first-order valence-electron chi connectivity index (χ1n) is 5.57. The van der Waals surface area contributed by atoms with Crippen molar-refractivity contribution in [2.75, 3.05) is 12.8 Å². The van der Waals surface area contributed by atoms with Gasteiger partial charge in [0.1, 0.15) is 11.6 Å². The number of nitrogens with zero attached hydrogens (tertiary/aromatic N) is 2. The second kappa shape index (κ2) is 4.13. The molecule has 0 atom stereocenters. The normalized spacial score (nSPS) is 10.8. The summed E-state index contributed by atoms with van der Waals surface area (Å²) >= 11 is 0. The van der Waals surface area contributed by atoms with Gasteiger partial charge in [-0.2, -0.15) is 4.98 Å². The molecule has 3 rings (SSSR count). The zero-order valence-corrected chi connectivity index (χ0v) is 10.1. The fourth-order valence-corrected chi connectivity index (χ4v) is 1.83. The van der Waals surface area contributed by atoms with Crippen LogP contribution < -0.4 is 16.0 Å². The summed E-state index contributed by atoms with van der Waals surface area (Å²) in [5.74, 6) is 1.29. The number of hydrogen-bond acceptors (Lipinski definition) is 5. The Morgan fingerprint density at radius 1 is 1.26 bits per heavy atom. The van der Waals surface area contributed by atoms with Crippen molar-refractivity contribution in [1.29, 1.82) is 0 Å². The molecule has 0 fully saturated rings. The molecule has 0 saturated heterocycles. The summed E-state index contributed by atoms with van der Waals surface area (Å²) in [6.07, 6.45) is 0. The topological polar surface area (TPSA) is 110 Å². The van der Waals surface area contributed by atoms with E-state index in [0.29, 0.717) is 22.7 Å². The van der Waals surface area contributed by atoms with Crippen molar-refractivity contribution in [1.82, 2.24) is 19.9 Å². The second-order valence-electron chi connectivity index (χ2n) is 3.97. The fraction of sp³-hybridized carbons (Fsp3) is 0.0833. The molecule has 7 nitrogen and oxygen atoms in total. The number of aromatic nitrogens is 4. The third-order valence-electron chi connectivity index (χ3n) is 2.72. The Kier molecular flexibility index (Phi) is 2.45. The lowest BCUT2D eigenvalue weighted by molar-refractivity contribution is 0.415. The number of methoxy groups -OCH3 is 1. The average Bonchev–Trinajstić information content (AvgIpc) is 2.83. The minimum atomic E-state index is -0.343. The monoisotopic (exact) mass is 257 g/mol. The fourth-order valence-electron chi connectivity index (χ4n) is 1.83. The molecular weight excluding hydrogens is 246 g/mol. The van der Waals surface area contributed by atoms with E-state index in [1.165, 1.54) is 0 Å². The van der Waals surface area contributed by atoms with E-state index in [0.717, 1.165) is 5.56 Å². The van der Waals surface area contributed by atoms with Crippen molar-refractivity contribution in [3.05, 3.63) is 34.6 Å². The smallest absolute Gasteiger partial charge is 0.278 e. The molecule has 0 aliphatic rings. The standard InChI is InChI=1S/C12H11N5O2/c1-19-7-4-2-3-6(5-7)9-14-8-10(15-9)16-12(13)17-11(8)18/h2-5H,1H3,(H4,13,14,15,16,17,18). The summed E-state index contributed by atoms with van der Waals surface area (Å²) in [5, 5.41) is 0. The number of rotatable bonds is 2. The van der Waals surface area contributed by atoms with E-state index in [-0.39, 0.29) is 11.5 Å². The maximum Gasteiger partial charge on any atom is 0.278 e. The molecule has 0 spiro atoms. The quantitative estimate of drug-likeness (QED) is 0.632. The maximum atomic E-state index is 11.7. The van der Waals surface area contributed by atoms with Crippen LogP contribution in [0, 0.1) is 0 Å². The van der Waals surface area contributed by atoms with Gasteiger partial charge in [-0.25, -0.2) is 4.98 Å². The van der Waals surface area contributed by atoms with E-state index in [1.54, 1.807) is 7.11 Å². The van der Waals surface area contributed by atoms with Gasteiger partial charge in [0, 0.05) is 5.56 Å². The molecule has 7 heteroatoms. The van der Waals surface area contributed by atoms with E-state index < -0.39 is 0 Å². The van der Waals surface area contributed by atoms with E-state index in [4.69, 9.17) is 10.5 Å². The number of benzene rings is 1. The van der Waals surface area contributed by atoms with Gasteiger partial charge in [0.15, 0.2) is 11.2 Å². The Morgan fingerprint density at radius 2 is 2.11 bits per heavy atom. The van der Waals surface area contributed by atoms with Gasteiger partial charge in [-0.15, -0.1) is 0 Å². The van der Waals surface area contributed by atoms with Crippen molar-refractivity contribution >= 4 is 17.1 Å². The van der Waals surface area contributed by atoms with E-state index >= 15 is 0 Å². The highest BCUT2D eigenvalue weighted by Gasteiger charge is 2.10. The van der Waals surface area contributed by atoms with E-state index in [9.17, 15) is 4.79 Å². The Bertz CT molecular complexity index is 805. The zero-order chi connectivity index (χ0) is 13.4. The van der Waals surface area contributed by atoms with Gasteiger partial charge < -0.3 is 15.5 Å². The van der Waals surface area contributed by atoms with Crippen LogP contribution in [-0.2, 0) is 0 Å². The highest BCUT2D eigenvalue weighted by Crippen LogP contribution is 2.22. The molecular formula is C12H11N5O2. The summed E-state index contributed by atoms with van der Waals surface area (Å²) in [4.78, 5) is 25.3. The minimum absolute atomic E-state index is 0.0428. The number of anilines is 1. The molecule has 4 N–H and O–H groups in total. The van der Waals surface area contributed by atoms with Crippen LogP contribution in [0.5, 0.6) is 5.75 Å². The third-order valence-corrected chi connectivity index (χ3v) is 2.72. The number of hydrogen-bond donors (Lipinski definition) is 3. The molecule has 1 aromatic carbocycles. The number of nitrogen functional groups attached to an aromatic ring is 1. The predicted octanol–water partition coefficient (Wildman–Crippen LogP) is 0.904.